The number of carbonyl (C=O) groups is 1. The van der Waals surface area contributed by atoms with Gasteiger partial charge in [-0.3, -0.25) is 0 Å². The lowest BCUT2D eigenvalue weighted by molar-refractivity contribution is -0.0504. The number of nitrogens with one attached hydrogen (secondary N) is 2. The standard InChI is InChI=1S/C18H19F2N3O3/c1-23-10-12-7-13(4-6-15(12)22-18(23)24)21-9-11-3-5-14(25-2)8-16(11)26-17(19)20/h3-8,17,21H,9-10H2,1-2H3,(H,22,24). The summed E-state index contributed by atoms with van der Waals surface area (Å²) in [6.07, 6.45) is 0. The summed E-state index contributed by atoms with van der Waals surface area (Å²) in [6.45, 7) is -2.12. The van der Waals surface area contributed by atoms with E-state index >= 15 is 0 Å². The first-order chi connectivity index (χ1) is 12.5. The normalized spacial score (nSPS) is 13.3. The molecule has 0 aliphatic carbocycles. The smallest absolute Gasteiger partial charge is 0.387 e. The molecule has 8 heteroatoms. The van der Waals surface area contributed by atoms with Crippen molar-refractivity contribution in [1.29, 1.82) is 0 Å². The molecule has 26 heavy (non-hydrogen) atoms. The fourth-order valence-corrected chi connectivity index (χ4v) is 2.71. The van der Waals surface area contributed by atoms with Crippen molar-refractivity contribution < 1.29 is 23.0 Å². The number of halogens is 2. The summed E-state index contributed by atoms with van der Waals surface area (Å²) in [5, 5.41) is 5.99. The number of benzene rings is 2. The van der Waals surface area contributed by atoms with Gasteiger partial charge in [-0.2, -0.15) is 8.78 Å². The Kier molecular flexibility index (Phi) is 5.11. The van der Waals surface area contributed by atoms with E-state index in [1.807, 2.05) is 18.2 Å². The van der Waals surface area contributed by atoms with Crippen LogP contribution in [0.5, 0.6) is 11.5 Å². The molecular formula is C18H19F2N3O3. The van der Waals surface area contributed by atoms with Crippen LogP contribution in [0, 0.1) is 0 Å². The molecule has 138 valence electrons. The van der Waals surface area contributed by atoms with Gasteiger partial charge in [0.05, 0.1) is 7.11 Å². The molecule has 1 aliphatic rings. The third-order valence-corrected chi connectivity index (χ3v) is 4.07. The Hall–Kier alpha value is -3.03. The number of rotatable bonds is 6. The Morgan fingerprint density at radius 1 is 1.27 bits per heavy atom. The van der Waals surface area contributed by atoms with Crippen LogP contribution in [-0.2, 0) is 13.1 Å². The summed E-state index contributed by atoms with van der Waals surface area (Å²) in [6, 6.07) is 10.2. The summed E-state index contributed by atoms with van der Waals surface area (Å²) in [5.74, 6) is 0.508. The summed E-state index contributed by atoms with van der Waals surface area (Å²) < 4.78 is 34.9. The molecular weight excluding hydrogens is 344 g/mol. The number of anilines is 2. The highest BCUT2D eigenvalue weighted by atomic mass is 19.3. The molecule has 2 aromatic carbocycles. The lowest BCUT2D eigenvalue weighted by Gasteiger charge is -2.26. The molecule has 3 rings (SSSR count). The van der Waals surface area contributed by atoms with Crippen LogP contribution in [0.4, 0.5) is 25.0 Å². The predicted octanol–water partition coefficient (Wildman–Crippen LogP) is 3.89. The van der Waals surface area contributed by atoms with Gasteiger partial charge < -0.3 is 25.0 Å². The topological polar surface area (TPSA) is 62.8 Å². The van der Waals surface area contributed by atoms with Crippen LogP contribution in [0.2, 0.25) is 0 Å². The highest BCUT2D eigenvalue weighted by Gasteiger charge is 2.19. The zero-order valence-electron chi connectivity index (χ0n) is 14.4. The fraction of sp³-hybridized carbons (Fsp3) is 0.278. The number of amides is 2. The number of ether oxygens (including phenoxy) is 2. The molecule has 2 N–H and O–H groups in total. The van der Waals surface area contributed by atoms with Crippen LogP contribution < -0.4 is 20.1 Å². The molecule has 0 saturated carbocycles. The summed E-state index contributed by atoms with van der Waals surface area (Å²) in [4.78, 5) is 13.2. The van der Waals surface area contributed by atoms with Crippen molar-refractivity contribution in [2.45, 2.75) is 19.7 Å². The van der Waals surface area contributed by atoms with Crippen LogP contribution in [0.3, 0.4) is 0 Å². The molecule has 1 aliphatic heterocycles. The SMILES string of the molecule is COc1ccc(CNc2ccc3c(c2)CN(C)C(=O)N3)c(OC(F)F)c1. The molecule has 0 saturated heterocycles. The van der Waals surface area contributed by atoms with Crippen LogP contribution in [-0.4, -0.2) is 31.7 Å². The zero-order chi connectivity index (χ0) is 18.7. The van der Waals surface area contributed by atoms with E-state index in [4.69, 9.17) is 4.74 Å². The minimum atomic E-state index is -2.91. The molecule has 0 spiro atoms. The van der Waals surface area contributed by atoms with Gasteiger partial charge in [0.1, 0.15) is 11.5 Å². The molecule has 0 atom stereocenters. The van der Waals surface area contributed by atoms with Crippen LogP contribution >= 0.6 is 0 Å². The second-order valence-electron chi connectivity index (χ2n) is 5.86. The summed E-state index contributed by atoms with van der Waals surface area (Å²) >= 11 is 0. The molecule has 0 aromatic heterocycles. The molecule has 0 radical (unpaired) electrons. The van der Waals surface area contributed by atoms with Crippen LogP contribution in [0.25, 0.3) is 0 Å². The maximum absolute atomic E-state index is 12.6. The van der Waals surface area contributed by atoms with Crippen molar-refractivity contribution in [3.63, 3.8) is 0 Å². The van der Waals surface area contributed by atoms with E-state index < -0.39 is 6.61 Å². The van der Waals surface area contributed by atoms with Crippen molar-refractivity contribution in [3.8, 4) is 11.5 Å². The Morgan fingerprint density at radius 2 is 2.08 bits per heavy atom. The molecule has 2 aromatic rings. The summed E-state index contributed by atoms with van der Waals surface area (Å²) in [5.41, 5.74) is 3.13. The lowest BCUT2D eigenvalue weighted by atomic mass is 10.1. The van der Waals surface area contributed by atoms with E-state index in [0.29, 0.717) is 24.4 Å². The first-order valence-corrected chi connectivity index (χ1v) is 7.97. The first-order valence-electron chi connectivity index (χ1n) is 7.97. The van der Waals surface area contributed by atoms with E-state index in [1.54, 1.807) is 24.1 Å². The van der Waals surface area contributed by atoms with Crippen molar-refractivity contribution in [1.82, 2.24) is 4.90 Å². The number of urea groups is 1. The monoisotopic (exact) mass is 363 g/mol. The predicted molar refractivity (Wildman–Crippen MR) is 93.9 cm³/mol. The van der Waals surface area contributed by atoms with Crippen LogP contribution in [0.1, 0.15) is 11.1 Å². The van der Waals surface area contributed by atoms with Gasteiger partial charge in [-0.05, 0) is 35.9 Å². The number of hydrogen-bond acceptors (Lipinski definition) is 4. The highest BCUT2D eigenvalue weighted by molar-refractivity contribution is 5.92. The Balaban J connectivity index is 1.75. The van der Waals surface area contributed by atoms with Gasteiger partial charge in [0.25, 0.3) is 0 Å². The Labute approximate surface area is 149 Å². The third kappa shape index (κ3) is 3.96. The Bertz CT molecular complexity index is 814. The molecule has 2 amide bonds. The second kappa shape index (κ2) is 7.47. The lowest BCUT2D eigenvalue weighted by Crippen LogP contribution is -2.35. The van der Waals surface area contributed by atoms with Gasteiger partial charge in [-0.15, -0.1) is 0 Å². The quantitative estimate of drug-likeness (QED) is 0.817. The van der Waals surface area contributed by atoms with E-state index in [1.165, 1.54) is 13.2 Å². The van der Waals surface area contributed by atoms with Gasteiger partial charge in [0.2, 0.25) is 0 Å². The van der Waals surface area contributed by atoms with Gasteiger partial charge in [-0.25, -0.2) is 4.79 Å². The number of methoxy groups -OCH3 is 1. The number of carbonyl (C=O) groups excluding carboxylic acids is 1. The molecule has 0 bridgehead atoms. The fourth-order valence-electron chi connectivity index (χ4n) is 2.71. The largest absolute Gasteiger partial charge is 0.497 e. The van der Waals surface area contributed by atoms with Crippen molar-refractivity contribution in [3.05, 3.63) is 47.5 Å². The molecule has 1 heterocycles. The number of fused-ring (bicyclic) bond motifs is 1. The van der Waals surface area contributed by atoms with E-state index in [9.17, 15) is 13.6 Å². The van der Waals surface area contributed by atoms with Crippen molar-refractivity contribution >= 4 is 17.4 Å². The van der Waals surface area contributed by atoms with E-state index in [-0.39, 0.29) is 11.8 Å². The molecule has 6 nitrogen and oxygen atoms in total. The van der Waals surface area contributed by atoms with E-state index in [2.05, 4.69) is 15.4 Å². The minimum Gasteiger partial charge on any atom is -0.497 e. The second-order valence-corrected chi connectivity index (χ2v) is 5.86. The molecule has 0 unspecified atom stereocenters. The van der Waals surface area contributed by atoms with Gasteiger partial charge in [0, 0.05) is 43.1 Å². The number of alkyl halides is 2. The maximum Gasteiger partial charge on any atom is 0.387 e. The third-order valence-electron chi connectivity index (χ3n) is 4.07. The average molecular weight is 363 g/mol. The van der Waals surface area contributed by atoms with E-state index in [0.717, 1.165) is 16.9 Å². The van der Waals surface area contributed by atoms with Crippen LogP contribution in [0.15, 0.2) is 36.4 Å². The zero-order valence-corrected chi connectivity index (χ0v) is 14.4. The average Bonchev–Trinajstić information content (AvgIpc) is 2.61. The van der Waals surface area contributed by atoms with Crippen molar-refractivity contribution in [2.75, 3.05) is 24.8 Å². The van der Waals surface area contributed by atoms with Crippen molar-refractivity contribution in [2.24, 2.45) is 0 Å². The summed E-state index contributed by atoms with van der Waals surface area (Å²) in [7, 11) is 3.17. The Morgan fingerprint density at radius 3 is 2.81 bits per heavy atom. The van der Waals surface area contributed by atoms with Gasteiger partial charge in [0.15, 0.2) is 0 Å². The number of hydrogen-bond donors (Lipinski definition) is 2. The van der Waals surface area contributed by atoms with Gasteiger partial charge in [-0.1, -0.05) is 0 Å². The number of nitrogens with zero attached hydrogens (tertiary/aromatic N) is 1. The minimum absolute atomic E-state index is 0.0665. The highest BCUT2D eigenvalue weighted by Crippen LogP contribution is 2.29. The first kappa shape index (κ1) is 17.8. The maximum atomic E-state index is 12.6. The van der Waals surface area contributed by atoms with Gasteiger partial charge >= 0.3 is 12.6 Å². The molecule has 0 fully saturated rings.